The SMILES string of the molecule is C[C@H]1Cn2ncc(N3CC4(CC3=O)CN(C(=O)c3ncco3)C4)c2CN1C(=O)Cc1cc(F)c(F)c(F)c1. The van der Waals surface area contributed by atoms with Gasteiger partial charge in [-0.25, -0.2) is 18.2 Å². The standard InChI is InChI=1S/C25H23F3N6O4/c1-14-9-34-19(10-32(14)20(35)6-15-4-16(26)22(28)17(27)5-15)18(8-30-34)33-13-25(7-21(33)36)11-31(12-25)24(37)23-29-2-3-38-23/h2-5,8,14H,6-7,9-13H2,1H3/t14-/m0/s1. The van der Waals surface area contributed by atoms with Gasteiger partial charge in [-0.15, -0.1) is 0 Å². The van der Waals surface area contributed by atoms with Crippen molar-refractivity contribution in [2.75, 3.05) is 24.5 Å². The van der Waals surface area contributed by atoms with E-state index in [9.17, 15) is 27.6 Å². The lowest BCUT2D eigenvalue weighted by Crippen LogP contribution is -2.59. The van der Waals surface area contributed by atoms with Crippen LogP contribution in [0.4, 0.5) is 18.9 Å². The first kappa shape index (κ1) is 24.2. The average molecular weight is 528 g/mol. The molecule has 0 aliphatic carbocycles. The predicted octanol–water partition coefficient (Wildman–Crippen LogP) is 2.14. The number of oxazole rings is 1. The molecule has 1 aromatic carbocycles. The number of halogens is 3. The summed E-state index contributed by atoms with van der Waals surface area (Å²) in [6.45, 7) is 3.54. The minimum Gasteiger partial charge on any atom is -0.441 e. The van der Waals surface area contributed by atoms with Crippen LogP contribution in [0.25, 0.3) is 0 Å². The molecule has 2 saturated heterocycles. The molecule has 0 radical (unpaired) electrons. The van der Waals surface area contributed by atoms with E-state index in [1.165, 1.54) is 12.5 Å². The number of hydrogen-bond acceptors (Lipinski definition) is 6. The summed E-state index contributed by atoms with van der Waals surface area (Å²) < 4.78 is 47.4. The van der Waals surface area contributed by atoms with Crippen molar-refractivity contribution in [1.82, 2.24) is 24.6 Å². The molecule has 3 aromatic rings. The van der Waals surface area contributed by atoms with E-state index < -0.39 is 17.5 Å². The molecule has 3 aliphatic heterocycles. The molecule has 0 saturated carbocycles. The van der Waals surface area contributed by atoms with Gasteiger partial charge in [0.1, 0.15) is 6.26 Å². The molecule has 6 rings (SSSR count). The Balaban J connectivity index is 1.17. The van der Waals surface area contributed by atoms with Crippen LogP contribution in [-0.2, 0) is 29.1 Å². The van der Waals surface area contributed by atoms with Crippen LogP contribution in [0.5, 0.6) is 0 Å². The number of benzene rings is 1. The number of anilines is 1. The third-order valence-electron chi connectivity index (χ3n) is 7.50. The zero-order valence-corrected chi connectivity index (χ0v) is 20.4. The summed E-state index contributed by atoms with van der Waals surface area (Å²) in [7, 11) is 0. The smallest absolute Gasteiger partial charge is 0.309 e. The van der Waals surface area contributed by atoms with Crippen LogP contribution < -0.4 is 4.90 Å². The fourth-order valence-electron chi connectivity index (χ4n) is 5.63. The van der Waals surface area contributed by atoms with Crippen molar-refractivity contribution in [3.8, 4) is 0 Å². The molecule has 2 fully saturated rings. The van der Waals surface area contributed by atoms with Crippen LogP contribution in [0.15, 0.2) is 35.2 Å². The summed E-state index contributed by atoms with van der Waals surface area (Å²) >= 11 is 0. The average Bonchev–Trinajstić information content (AvgIpc) is 3.59. The fourth-order valence-corrected chi connectivity index (χ4v) is 5.63. The highest BCUT2D eigenvalue weighted by Crippen LogP contribution is 2.43. The molecule has 1 spiro atoms. The van der Waals surface area contributed by atoms with E-state index in [0.29, 0.717) is 37.6 Å². The Morgan fingerprint density at radius 1 is 1.16 bits per heavy atom. The Labute approximate surface area is 214 Å². The zero-order valence-electron chi connectivity index (χ0n) is 20.4. The molecular formula is C25H23F3N6O4. The van der Waals surface area contributed by atoms with Gasteiger partial charge in [0.2, 0.25) is 11.8 Å². The van der Waals surface area contributed by atoms with Gasteiger partial charge in [-0.1, -0.05) is 0 Å². The number of aromatic nitrogens is 3. The number of fused-ring (bicyclic) bond motifs is 1. The molecule has 198 valence electrons. The summed E-state index contributed by atoms with van der Waals surface area (Å²) in [6.07, 6.45) is 4.30. The molecule has 13 heteroatoms. The number of carbonyl (C=O) groups is 3. The van der Waals surface area contributed by atoms with E-state index in [2.05, 4.69) is 10.1 Å². The summed E-state index contributed by atoms with van der Waals surface area (Å²) in [5.74, 6) is -5.07. The largest absolute Gasteiger partial charge is 0.441 e. The first-order valence-corrected chi connectivity index (χ1v) is 12.1. The van der Waals surface area contributed by atoms with E-state index in [4.69, 9.17) is 4.42 Å². The van der Waals surface area contributed by atoms with E-state index >= 15 is 0 Å². The molecular weight excluding hydrogens is 505 g/mol. The first-order chi connectivity index (χ1) is 18.1. The number of nitrogens with zero attached hydrogens (tertiary/aromatic N) is 6. The molecule has 0 bridgehead atoms. The third-order valence-corrected chi connectivity index (χ3v) is 7.50. The maximum absolute atomic E-state index is 13.6. The van der Waals surface area contributed by atoms with Crippen molar-refractivity contribution in [2.45, 2.75) is 38.9 Å². The Kier molecular flexibility index (Phi) is 5.54. The van der Waals surface area contributed by atoms with Gasteiger partial charge in [0, 0.05) is 37.5 Å². The lowest BCUT2D eigenvalue weighted by atomic mass is 9.79. The van der Waals surface area contributed by atoms with Gasteiger partial charge in [0.15, 0.2) is 17.5 Å². The molecule has 0 unspecified atom stereocenters. The Morgan fingerprint density at radius 3 is 2.58 bits per heavy atom. The second-order valence-electron chi connectivity index (χ2n) is 10.2. The molecule has 3 aliphatic rings. The molecule has 10 nitrogen and oxygen atoms in total. The summed E-state index contributed by atoms with van der Waals surface area (Å²) in [5.41, 5.74) is 0.907. The maximum atomic E-state index is 13.6. The van der Waals surface area contributed by atoms with Gasteiger partial charge in [-0.2, -0.15) is 5.10 Å². The van der Waals surface area contributed by atoms with Crippen molar-refractivity contribution in [2.24, 2.45) is 5.41 Å². The first-order valence-electron chi connectivity index (χ1n) is 12.1. The Bertz CT molecular complexity index is 1430. The molecule has 38 heavy (non-hydrogen) atoms. The van der Waals surface area contributed by atoms with Gasteiger partial charge in [0.25, 0.3) is 5.89 Å². The van der Waals surface area contributed by atoms with Crippen LogP contribution in [-0.4, -0.2) is 68.0 Å². The van der Waals surface area contributed by atoms with Crippen LogP contribution in [0, 0.1) is 22.9 Å². The highest BCUT2D eigenvalue weighted by molar-refractivity contribution is 5.98. The Hall–Kier alpha value is -4.16. The van der Waals surface area contributed by atoms with Gasteiger partial charge in [0.05, 0.1) is 43.3 Å². The summed E-state index contributed by atoms with van der Waals surface area (Å²) in [4.78, 5) is 47.3. The van der Waals surface area contributed by atoms with Crippen molar-refractivity contribution < 1.29 is 32.0 Å². The van der Waals surface area contributed by atoms with Gasteiger partial charge in [-0.05, 0) is 24.6 Å². The minimum absolute atomic E-state index is 0.0109. The molecule has 5 heterocycles. The number of hydrogen-bond donors (Lipinski definition) is 0. The van der Waals surface area contributed by atoms with E-state index in [-0.39, 0.29) is 60.0 Å². The van der Waals surface area contributed by atoms with Crippen molar-refractivity contribution in [1.29, 1.82) is 0 Å². The third kappa shape index (κ3) is 3.92. The minimum atomic E-state index is -1.58. The molecule has 2 aromatic heterocycles. The quantitative estimate of drug-likeness (QED) is 0.481. The fraction of sp³-hybridized carbons (Fsp3) is 0.400. The van der Waals surface area contributed by atoms with Crippen molar-refractivity contribution in [3.05, 3.63) is 65.4 Å². The second-order valence-corrected chi connectivity index (χ2v) is 10.2. The van der Waals surface area contributed by atoms with Crippen LogP contribution >= 0.6 is 0 Å². The number of carbonyl (C=O) groups excluding carboxylic acids is 3. The van der Waals surface area contributed by atoms with E-state index in [1.54, 1.807) is 25.6 Å². The molecule has 1 atom stereocenters. The monoisotopic (exact) mass is 528 g/mol. The lowest BCUT2D eigenvalue weighted by Gasteiger charge is -2.46. The van der Waals surface area contributed by atoms with Crippen molar-refractivity contribution >= 4 is 23.4 Å². The number of rotatable bonds is 4. The molecule has 3 amide bonds. The topological polar surface area (TPSA) is 105 Å². The van der Waals surface area contributed by atoms with Crippen LogP contribution in [0.3, 0.4) is 0 Å². The number of likely N-dealkylation sites (tertiary alicyclic amines) is 1. The maximum Gasteiger partial charge on any atom is 0.309 e. The van der Waals surface area contributed by atoms with E-state index in [0.717, 1.165) is 12.1 Å². The van der Waals surface area contributed by atoms with Gasteiger partial charge >= 0.3 is 5.91 Å². The van der Waals surface area contributed by atoms with Crippen LogP contribution in [0.1, 0.15) is 35.3 Å². The highest BCUT2D eigenvalue weighted by atomic mass is 19.2. The van der Waals surface area contributed by atoms with Gasteiger partial charge < -0.3 is 19.1 Å². The van der Waals surface area contributed by atoms with Crippen molar-refractivity contribution in [3.63, 3.8) is 0 Å². The molecule has 0 N–H and O–H groups in total. The van der Waals surface area contributed by atoms with Crippen LogP contribution in [0.2, 0.25) is 0 Å². The Morgan fingerprint density at radius 2 is 1.89 bits per heavy atom. The lowest BCUT2D eigenvalue weighted by molar-refractivity contribution is -0.134. The second kappa shape index (κ2) is 8.71. The summed E-state index contributed by atoms with van der Waals surface area (Å²) in [5, 5.41) is 4.42. The van der Waals surface area contributed by atoms with Gasteiger partial charge in [-0.3, -0.25) is 19.1 Å². The normalized spacial score (nSPS) is 20.2. The van der Waals surface area contributed by atoms with E-state index in [1.807, 2.05) is 6.92 Å². The number of amides is 3. The highest BCUT2D eigenvalue weighted by Gasteiger charge is 2.54. The zero-order chi connectivity index (χ0) is 26.8. The predicted molar refractivity (Wildman–Crippen MR) is 124 cm³/mol. The summed E-state index contributed by atoms with van der Waals surface area (Å²) in [6, 6.07) is 1.37.